The molecular formula is C8H11NO2. The molecule has 0 amide bonds. The van der Waals surface area contributed by atoms with E-state index in [4.69, 9.17) is 4.74 Å². The van der Waals surface area contributed by atoms with Crippen LogP contribution in [0.5, 0.6) is 0 Å². The summed E-state index contributed by atoms with van der Waals surface area (Å²) in [6.45, 7) is 0.749. The van der Waals surface area contributed by atoms with Gasteiger partial charge in [-0.05, 0) is 14.1 Å². The predicted octanol–water partition coefficient (Wildman–Crippen LogP) is -0.276. The summed E-state index contributed by atoms with van der Waals surface area (Å²) in [5, 5.41) is 0. The quantitative estimate of drug-likeness (QED) is 0.411. The summed E-state index contributed by atoms with van der Waals surface area (Å²) >= 11 is 0. The molecule has 11 heavy (non-hydrogen) atoms. The third-order valence-electron chi connectivity index (χ3n) is 1.20. The number of likely N-dealkylation sites (N-methyl/N-ethyl adjacent to an activating group) is 1. The highest BCUT2D eigenvalue weighted by Gasteiger charge is 2.13. The fraction of sp³-hybridized carbons (Fsp3) is 0.625. The lowest BCUT2D eigenvalue weighted by Crippen LogP contribution is -2.24. The minimum absolute atomic E-state index is 0.168. The molecule has 0 unspecified atom stereocenters. The highest BCUT2D eigenvalue weighted by molar-refractivity contribution is 5.71. The normalized spacial score (nSPS) is 14.1. The van der Waals surface area contributed by atoms with Crippen LogP contribution in [0.15, 0.2) is 0 Å². The van der Waals surface area contributed by atoms with Gasteiger partial charge in [0.15, 0.2) is 0 Å². The molecule has 0 radical (unpaired) electrons. The summed E-state index contributed by atoms with van der Waals surface area (Å²) in [6, 6.07) is 0. The van der Waals surface area contributed by atoms with E-state index in [0.717, 1.165) is 0 Å². The molecule has 0 heterocycles. The molecule has 3 heteroatoms. The number of hydrogen-bond acceptors (Lipinski definition) is 3. The van der Waals surface area contributed by atoms with Crippen LogP contribution in [0.4, 0.5) is 0 Å². The van der Waals surface area contributed by atoms with Gasteiger partial charge < -0.3 is 4.74 Å². The summed E-state index contributed by atoms with van der Waals surface area (Å²) in [5.41, 5.74) is 0. The minimum atomic E-state index is -0.189. The Bertz CT molecular complexity index is 204. The summed E-state index contributed by atoms with van der Waals surface area (Å²) in [6.07, 6.45) is 0. The average Bonchev–Trinajstić information content (AvgIpc) is 2.63. The third kappa shape index (κ3) is 3.64. The lowest BCUT2D eigenvalue weighted by molar-refractivity contribution is -0.144. The molecule has 0 N–H and O–H groups in total. The molecule has 0 atom stereocenters. The summed E-state index contributed by atoms with van der Waals surface area (Å²) in [4.78, 5) is 12.6. The number of esters is 1. The van der Waals surface area contributed by atoms with E-state index in [1.54, 1.807) is 4.90 Å². The maximum atomic E-state index is 10.9. The fourth-order valence-corrected chi connectivity index (χ4v) is 0.622. The van der Waals surface area contributed by atoms with Crippen molar-refractivity contribution in [1.82, 2.24) is 4.90 Å². The van der Waals surface area contributed by atoms with Crippen LogP contribution in [0.25, 0.3) is 0 Å². The monoisotopic (exact) mass is 153 g/mol. The first-order valence-electron chi connectivity index (χ1n) is 3.50. The van der Waals surface area contributed by atoms with E-state index in [2.05, 4.69) is 11.8 Å². The average molecular weight is 153 g/mol. The van der Waals surface area contributed by atoms with E-state index >= 15 is 0 Å². The van der Waals surface area contributed by atoms with Crippen molar-refractivity contribution >= 4 is 5.97 Å². The van der Waals surface area contributed by atoms with Gasteiger partial charge >= 0.3 is 5.97 Å². The second-order valence-electron chi connectivity index (χ2n) is 2.76. The molecule has 0 saturated heterocycles. The second-order valence-corrected chi connectivity index (χ2v) is 2.76. The van der Waals surface area contributed by atoms with E-state index in [-0.39, 0.29) is 11.9 Å². The van der Waals surface area contributed by atoms with Crippen molar-refractivity contribution in [3.63, 3.8) is 0 Å². The number of carbonyl (C=O) groups is 1. The lowest BCUT2D eigenvalue weighted by atomic mass is 10.4. The van der Waals surface area contributed by atoms with Crippen LogP contribution in [-0.2, 0) is 9.53 Å². The van der Waals surface area contributed by atoms with Gasteiger partial charge in [-0.1, -0.05) is 11.8 Å². The zero-order valence-corrected chi connectivity index (χ0v) is 6.76. The second kappa shape index (κ2) is 3.40. The largest absolute Gasteiger partial charge is 0.462 e. The Kier molecular flexibility index (Phi) is 2.50. The van der Waals surface area contributed by atoms with Gasteiger partial charge in [-0.15, -0.1) is 0 Å². The molecule has 0 spiro atoms. The molecule has 0 aliphatic heterocycles. The predicted molar refractivity (Wildman–Crippen MR) is 40.8 cm³/mol. The van der Waals surface area contributed by atoms with Gasteiger partial charge in [-0.25, -0.2) is 0 Å². The minimum Gasteiger partial charge on any atom is -0.462 e. The van der Waals surface area contributed by atoms with Crippen molar-refractivity contribution < 1.29 is 9.53 Å². The standard InChI is InChI=1S/C8H11NO2/c1-9(2)5-8(10)11-6-7-3-4-7/h7H,5-6H2,1-2H3. The van der Waals surface area contributed by atoms with E-state index in [9.17, 15) is 4.79 Å². The Balaban J connectivity index is 2.00. The maximum absolute atomic E-state index is 10.9. The van der Waals surface area contributed by atoms with Crippen LogP contribution in [-0.4, -0.2) is 38.1 Å². The van der Waals surface area contributed by atoms with Crippen molar-refractivity contribution in [3.05, 3.63) is 0 Å². The van der Waals surface area contributed by atoms with Crippen molar-refractivity contribution in [2.24, 2.45) is 5.92 Å². The summed E-state index contributed by atoms with van der Waals surface area (Å²) in [7, 11) is 3.66. The Hall–Kier alpha value is -1.01. The van der Waals surface area contributed by atoms with Gasteiger partial charge in [-0.3, -0.25) is 9.69 Å². The van der Waals surface area contributed by atoms with Gasteiger partial charge in [0.2, 0.25) is 0 Å². The number of rotatable bonds is 4. The molecule has 0 aromatic heterocycles. The van der Waals surface area contributed by atoms with E-state index in [0.29, 0.717) is 13.2 Å². The Labute approximate surface area is 66.3 Å². The van der Waals surface area contributed by atoms with Crippen molar-refractivity contribution in [3.8, 4) is 11.8 Å². The van der Waals surface area contributed by atoms with Gasteiger partial charge in [0.1, 0.15) is 12.5 Å². The smallest absolute Gasteiger partial charge is 0.320 e. The zero-order chi connectivity index (χ0) is 8.27. The maximum Gasteiger partial charge on any atom is 0.320 e. The SMILES string of the molecule is CN(C)CC(=O)OCC1C#C1. The number of ether oxygens (including phenoxy) is 1. The molecular weight excluding hydrogens is 142 g/mol. The number of nitrogens with zero attached hydrogens (tertiary/aromatic N) is 1. The Morgan fingerprint density at radius 2 is 2.18 bits per heavy atom. The van der Waals surface area contributed by atoms with Crippen molar-refractivity contribution in [2.75, 3.05) is 27.2 Å². The van der Waals surface area contributed by atoms with Crippen LogP contribution >= 0.6 is 0 Å². The molecule has 0 saturated carbocycles. The van der Waals surface area contributed by atoms with Crippen LogP contribution in [0.3, 0.4) is 0 Å². The van der Waals surface area contributed by atoms with Crippen LogP contribution in [0, 0.1) is 17.8 Å². The van der Waals surface area contributed by atoms with Crippen molar-refractivity contribution in [2.45, 2.75) is 0 Å². The van der Waals surface area contributed by atoms with E-state index in [1.165, 1.54) is 0 Å². The van der Waals surface area contributed by atoms with Crippen LogP contribution in [0.1, 0.15) is 0 Å². The first-order valence-corrected chi connectivity index (χ1v) is 3.50. The first kappa shape index (κ1) is 8.09. The molecule has 60 valence electrons. The molecule has 0 bridgehead atoms. The molecule has 0 aromatic carbocycles. The van der Waals surface area contributed by atoms with Crippen molar-refractivity contribution in [1.29, 1.82) is 0 Å². The number of hydrogen-bond donors (Lipinski definition) is 0. The van der Waals surface area contributed by atoms with Gasteiger partial charge in [0.05, 0.1) is 6.54 Å². The molecule has 1 aliphatic carbocycles. The number of carbonyl (C=O) groups excluding carboxylic acids is 1. The van der Waals surface area contributed by atoms with E-state index in [1.807, 2.05) is 14.1 Å². The molecule has 0 aromatic rings. The fourth-order valence-electron chi connectivity index (χ4n) is 0.622. The molecule has 3 nitrogen and oxygen atoms in total. The van der Waals surface area contributed by atoms with Crippen LogP contribution in [0.2, 0.25) is 0 Å². The third-order valence-corrected chi connectivity index (χ3v) is 1.20. The Morgan fingerprint density at radius 3 is 2.64 bits per heavy atom. The molecule has 1 rings (SSSR count). The zero-order valence-electron chi connectivity index (χ0n) is 6.76. The molecule has 1 aliphatic rings. The summed E-state index contributed by atoms with van der Waals surface area (Å²) in [5.74, 6) is 5.58. The molecule has 0 fully saturated rings. The lowest BCUT2D eigenvalue weighted by Gasteiger charge is -2.08. The first-order chi connectivity index (χ1) is 5.18. The highest BCUT2D eigenvalue weighted by atomic mass is 16.5. The van der Waals surface area contributed by atoms with E-state index < -0.39 is 0 Å². The van der Waals surface area contributed by atoms with Gasteiger partial charge in [-0.2, -0.15) is 0 Å². The highest BCUT2D eigenvalue weighted by Crippen LogP contribution is 2.04. The van der Waals surface area contributed by atoms with Gasteiger partial charge in [0, 0.05) is 0 Å². The Morgan fingerprint density at radius 1 is 1.55 bits per heavy atom. The van der Waals surface area contributed by atoms with Crippen LogP contribution < -0.4 is 0 Å². The summed E-state index contributed by atoms with van der Waals surface area (Å²) < 4.78 is 4.87. The topological polar surface area (TPSA) is 29.5 Å². The van der Waals surface area contributed by atoms with Gasteiger partial charge in [0.25, 0.3) is 0 Å².